The van der Waals surface area contributed by atoms with Gasteiger partial charge in [0.15, 0.2) is 0 Å². The Kier molecular flexibility index (Phi) is 2.51. The number of nitrogens with one attached hydrogen (secondary N) is 1. The highest BCUT2D eigenvalue weighted by Crippen LogP contribution is 2.47. The number of rotatable bonds is 1. The second-order valence-corrected chi connectivity index (χ2v) is 5.97. The number of nitrogens with zero attached hydrogens (tertiary/aromatic N) is 1. The van der Waals surface area contributed by atoms with E-state index < -0.39 is 5.66 Å². The van der Waals surface area contributed by atoms with Crippen LogP contribution in [-0.4, -0.2) is 22.9 Å². The molecule has 1 saturated heterocycles. The molecule has 0 aliphatic carbocycles. The first-order chi connectivity index (χ1) is 10.2. The molecule has 2 aliphatic rings. The van der Waals surface area contributed by atoms with Crippen LogP contribution in [0.1, 0.15) is 35.3 Å². The molecule has 3 heteroatoms. The quantitative estimate of drug-likeness (QED) is 0.870. The van der Waals surface area contributed by atoms with Crippen molar-refractivity contribution in [1.29, 1.82) is 0 Å². The molecule has 2 aromatic rings. The highest BCUT2D eigenvalue weighted by atomic mass is 16.2. The van der Waals surface area contributed by atoms with E-state index in [1.165, 1.54) is 0 Å². The predicted octanol–water partition coefficient (Wildman–Crippen LogP) is 2.72. The third kappa shape index (κ3) is 1.44. The summed E-state index contributed by atoms with van der Waals surface area (Å²) < 4.78 is 0. The Morgan fingerprint density at radius 3 is 2.43 bits per heavy atom. The van der Waals surface area contributed by atoms with Crippen LogP contribution < -0.4 is 5.32 Å². The van der Waals surface area contributed by atoms with Crippen molar-refractivity contribution in [3.05, 3.63) is 71.3 Å². The lowest BCUT2D eigenvalue weighted by Crippen LogP contribution is -2.48. The van der Waals surface area contributed by atoms with Gasteiger partial charge in [0, 0.05) is 23.2 Å². The van der Waals surface area contributed by atoms with Crippen molar-refractivity contribution in [3.63, 3.8) is 0 Å². The Balaban J connectivity index is 2.03. The van der Waals surface area contributed by atoms with Crippen molar-refractivity contribution < 1.29 is 4.79 Å². The molecule has 2 aromatic carbocycles. The van der Waals surface area contributed by atoms with Crippen molar-refractivity contribution in [1.82, 2.24) is 10.2 Å². The van der Waals surface area contributed by atoms with Gasteiger partial charge in [-0.3, -0.25) is 10.1 Å². The van der Waals surface area contributed by atoms with E-state index in [4.69, 9.17) is 0 Å². The Hall–Kier alpha value is -2.13. The molecule has 0 radical (unpaired) electrons. The van der Waals surface area contributed by atoms with E-state index in [0.717, 1.165) is 16.7 Å². The highest BCUT2D eigenvalue weighted by Gasteiger charge is 2.58. The zero-order valence-corrected chi connectivity index (χ0v) is 12.2. The minimum atomic E-state index is -0.520. The van der Waals surface area contributed by atoms with Crippen LogP contribution in [-0.2, 0) is 5.66 Å². The largest absolute Gasteiger partial charge is 0.308 e. The van der Waals surface area contributed by atoms with Crippen molar-refractivity contribution in [3.8, 4) is 0 Å². The summed E-state index contributed by atoms with van der Waals surface area (Å²) in [6.45, 7) is 4.26. The second kappa shape index (κ2) is 4.18. The zero-order valence-electron chi connectivity index (χ0n) is 12.2. The Morgan fingerprint density at radius 1 is 1.00 bits per heavy atom. The van der Waals surface area contributed by atoms with E-state index in [-0.39, 0.29) is 18.0 Å². The molecule has 1 N–H and O–H groups in total. The van der Waals surface area contributed by atoms with Crippen LogP contribution in [0.15, 0.2) is 54.6 Å². The van der Waals surface area contributed by atoms with Gasteiger partial charge < -0.3 is 4.90 Å². The normalized spacial score (nSPS) is 30.4. The fourth-order valence-corrected chi connectivity index (χ4v) is 3.77. The summed E-state index contributed by atoms with van der Waals surface area (Å²) in [6.07, 6.45) is 0. The Morgan fingerprint density at radius 2 is 1.67 bits per heavy atom. The zero-order chi connectivity index (χ0) is 14.6. The van der Waals surface area contributed by atoms with Gasteiger partial charge in [-0.25, -0.2) is 0 Å². The fourth-order valence-electron chi connectivity index (χ4n) is 3.77. The Labute approximate surface area is 124 Å². The van der Waals surface area contributed by atoms with E-state index in [2.05, 4.69) is 37.4 Å². The third-order valence-corrected chi connectivity index (χ3v) is 4.89. The fraction of sp³-hybridized carbons (Fsp3) is 0.278. The summed E-state index contributed by atoms with van der Waals surface area (Å²) in [5, 5.41) is 3.69. The Bertz CT molecular complexity index is 712. The van der Waals surface area contributed by atoms with Crippen LogP contribution in [0.2, 0.25) is 0 Å². The number of carbonyl (C=O) groups is 1. The van der Waals surface area contributed by atoms with E-state index >= 15 is 0 Å². The number of hydrogen-bond acceptors (Lipinski definition) is 2. The van der Waals surface area contributed by atoms with Crippen molar-refractivity contribution in [2.45, 2.75) is 31.6 Å². The summed E-state index contributed by atoms with van der Waals surface area (Å²) in [4.78, 5) is 14.9. The van der Waals surface area contributed by atoms with Crippen LogP contribution in [0, 0.1) is 0 Å². The number of amides is 1. The first kappa shape index (κ1) is 12.6. The van der Waals surface area contributed by atoms with Gasteiger partial charge in [0.05, 0.1) is 0 Å². The molecular weight excluding hydrogens is 260 g/mol. The SMILES string of the molecule is CC1NC2(c3ccccc3)c3ccccc3C(=O)N2C1C. The van der Waals surface area contributed by atoms with Gasteiger partial charge in [0.25, 0.3) is 5.91 Å². The summed E-state index contributed by atoms with van der Waals surface area (Å²) in [5.41, 5.74) is 2.48. The first-order valence-electron chi connectivity index (χ1n) is 7.42. The summed E-state index contributed by atoms with van der Waals surface area (Å²) in [6, 6.07) is 18.6. The maximum atomic E-state index is 12.9. The molecule has 3 unspecified atom stereocenters. The molecule has 21 heavy (non-hydrogen) atoms. The average molecular weight is 278 g/mol. The van der Waals surface area contributed by atoms with Crippen molar-refractivity contribution >= 4 is 5.91 Å². The topological polar surface area (TPSA) is 32.3 Å². The number of fused-ring (bicyclic) bond motifs is 3. The van der Waals surface area contributed by atoms with E-state index in [1.54, 1.807) is 0 Å². The first-order valence-corrected chi connectivity index (χ1v) is 7.42. The lowest BCUT2D eigenvalue weighted by molar-refractivity contribution is 0.0625. The molecule has 0 aromatic heterocycles. The van der Waals surface area contributed by atoms with Crippen LogP contribution in [0.4, 0.5) is 0 Å². The summed E-state index contributed by atoms with van der Waals surface area (Å²) in [7, 11) is 0. The molecular formula is C18H18N2O. The predicted molar refractivity (Wildman–Crippen MR) is 81.9 cm³/mol. The number of hydrogen-bond donors (Lipinski definition) is 1. The monoisotopic (exact) mass is 278 g/mol. The molecule has 1 fully saturated rings. The minimum Gasteiger partial charge on any atom is -0.308 e. The van der Waals surface area contributed by atoms with Gasteiger partial charge in [-0.05, 0) is 25.5 Å². The van der Waals surface area contributed by atoms with Crippen molar-refractivity contribution in [2.75, 3.05) is 0 Å². The molecule has 0 spiro atoms. The van der Waals surface area contributed by atoms with Crippen LogP contribution in [0.25, 0.3) is 0 Å². The molecule has 3 atom stereocenters. The van der Waals surface area contributed by atoms with Gasteiger partial charge in [-0.15, -0.1) is 0 Å². The van der Waals surface area contributed by atoms with Gasteiger partial charge >= 0.3 is 0 Å². The molecule has 3 nitrogen and oxygen atoms in total. The van der Waals surface area contributed by atoms with Gasteiger partial charge in [0.2, 0.25) is 0 Å². The van der Waals surface area contributed by atoms with Gasteiger partial charge in [0.1, 0.15) is 5.66 Å². The van der Waals surface area contributed by atoms with E-state index in [0.29, 0.717) is 0 Å². The average Bonchev–Trinajstić information content (AvgIpc) is 2.93. The molecule has 106 valence electrons. The van der Waals surface area contributed by atoms with Gasteiger partial charge in [-0.2, -0.15) is 0 Å². The summed E-state index contributed by atoms with van der Waals surface area (Å²) >= 11 is 0. The maximum absolute atomic E-state index is 12.9. The molecule has 1 amide bonds. The third-order valence-electron chi connectivity index (χ3n) is 4.89. The summed E-state index contributed by atoms with van der Waals surface area (Å²) in [5.74, 6) is 0.124. The number of benzene rings is 2. The second-order valence-electron chi connectivity index (χ2n) is 5.97. The van der Waals surface area contributed by atoms with Crippen LogP contribution >= 0.6 is 0 Å². The minimum absolute atomic E-state index is 0.124. The molecule has 4 rings (SSSR count). The number of carbonyl (C=O) groups excluding carboxylic acids is 1. The van der Waals surface area contributed by atoms with Crippen LogP contribution in [0.5, 0.6) is 0 Å². The molecule has 0 bridgehead atoms. The van der Waals surface area contributed by atoms with Crippen molar-refractivity contribution in [2.24, 2.45) is 0 Å². The standard InChI is InChI=1S/C18H18N2O/c1-12-13(2)20-17(21)15-10-6-7-11-16(15)18(20,19-12)14-8-4-3-5-9-14/h3-13,19H,1-2H3. The molecule has 2 heterocycles. The lowest BCUT2D eigenvalue weighted by atomic mass is 9.91. The van der Waals surface area contributed by atoms with E-state index in [1.807, 2.05) is 41.3 Å². The lowest BCUT2D eigenvalue weighted by Gasteiger charge is -2.35. The molecule has 2 aliphatic heterocycles. The highest BCUT2D eigenvalue weighted by molar-refractivity contribution is 6.01. The van der Waals surface area contributed by atoms with Crippen LogP contribution in [0.3, 0.4) is 0 Å². The smallest absolute Gasteiger partial charge is 0.256 e. The van der Waals surface area contributed by atoms with Gasteiger partial charge in [-0.1, -0.05) is 48.5 Å². The van der Waals surface area contributed by atoms with E-state index in [9.17, 15) is 4.79 Å². The molecule has 0 saturated carbocycles. The maximum Gasteiger partial charge on any atom is 0.256 e.